The molecule has 0 amide bonds. The first-order chi connectivity index (χ1) is 8.72. The minimum Gasteiger partial charge on any atom is -0.481 e. The standard InChI is InChI=1S/C13H17N3O2/c1-14-13-15-10-6-2-3-7-11(10)16(13)9-5-4-8-12(17)18/h2-3,6-7H,4-5,8-9H2,1H3,(H,14,15)(H,17,18). The van der Waals surface area contributed by atoms with Gasteiger partial charge in [-0.05, 0) is 25.0 Å². The number of aromatic nitrogens is 2. The van der Waals surface area contributed by atoms with E-state index in [2.05, 4.69) is 14.9 Å². The van der Waals surface area contributed by atoms with E-state index in [0.717, 1.165) is 29.9 Å². The second-order valence-corrected chi connectivity index (χ2v) is 4.18. The maximum Gasteiger partial charge on any atom is 0.303 e. The van der Waals surface area contributed by atoms with Crippen LogP contribution in [-0.2, 0) is 11.3 Å². The molecule has 2 rings (SSSR count). The molecular formula is C13H17N3O2. The smallest absolute Gasteiger partial charge is 0.303 e. The highest BCUT2D eigenvalue weighted by Crippen LogP contribution is 2.19. The number of aryl methyl sites for hydroxylation is 1. The van der Waals surface area contributed by atoms with Crippen molar-refractivity contribution in [3.8, 4) is 0 Å². The van der Waals surface area contributed by atoms with Gasteiger partial charge in [0.25, 0.3) is 0 Å². The van der Waals surface area contributed by atoms with Crippen LogP contribution in [0.2, 0.25) is 0 Å². The molecule has 5 nitrogen and oxygen atoms in total. The van der Waals surface area contributed by atoms with Gasteiger partial charge in [0, 0.05) is 20.0 Å². The SMILES string of the molecule is CNc1nc2ccccc2n1CCCCC(=O)O. The van der Waals surface area contributed by atoms with Gasteiger partial charge in [-0.2, -0.15) is 0 Å². The maximum absolute atomic E-state index is 10.5. The minimum atomic E-state index is -0.737. The number of unbranched alkanes of at least 4 members (excludes halogenated alkanes) is 1. The van der Waals surface area contributed by atoms with Crippen molar-refractivity contribution in [3.05, 3.63) is 24.3 Å². The lowest BCUT2D eigenvalue weighted by Gasteiger charge is -2.07. The Morgan fingerprint density at radius 1 is 1.39 bits per heavy atom. The van der Waals surface area contributed by atoms with Gasteiger partial charge >= 0.3 is 5.97 Å². The van der Waals surface area contributed by atoms with Crippen LogP contribution in [0.1, 0.15) is 19.3 Å². The van der Waals surface area contributed by atoms with Crippen molar-refractivity contribution >= 4 is 23.0 Å². The number of carbonyl (C=O) groups is 1. The number of aliphatic carboxylic acids is 1. The number of hydrogen-bond acceptors (Lipinski definition) is 3. The molecule has 1 heterocycles. The Balaban J connectivity index is 2.13. The van der Waals surface area contributed by atoms with E-state index in [0.29, 0.717) is 6.42 Å². The second-order valence-electron chi connectivity index (χ2n) is 4.18. The molecule has 5 heteroatoms. The zero-order valence-electron chi connectivity index (χ0n) is 10.4. The molecule has 0 fully saturated rings. The van der Waals surface area contributed by atoms with Crippen LogP contribution in [0.3, 0.4) is 0 Å². The third-order valence-electron chi connectivity index (χ3n) is 2.90. The van der Waals surface area contributed by atoms with Crippen molar-refractivity contribution < 1.29 is 9.90 Å². The molecule has 0 radical (unpaired) electrons. The van der Waals surface area contributed by atoms with Crippen molar-refractivity contribution in [2.45, 2.75) is 25.8 Å². The number of hydrogen-bond donors (Lipinski definition) is 2. The Morgan fingerprint density at radius 3 is 2.89 bits per heavy atom. The first kappa shape index (κ1) is 12.4. The zero-order valence-corrected chi connectivity index (χ0v) is 10.4. The van der Waals surface area contributed by atoms with E-state index in [-0.39, 0.29) is 6.42 Å². The number of nitrogens with one attached hydrogen (secondary N) is 1. The number of para-hydroxylation sites is 2. The fourth-order valence-corrected chi connectivity index (χ4v) is 2.04. The van der Waals surface area contributed by atoms with Crippen LogP contribution in [0, 0.1) is 0 Å². The lowest BCUT2D eigenvalue weighted by molar-refractivity contribution is -0.137. The molecule has 0 aliphatic rings. The van der Waals surface area contributed by atoms with Crippen LogP contribution in [0.5, 0.6) is 0 Å². The van der Waals surface area contributed by atoms with Gasteiger partial charge in [-0.3, -0.25) is 4.79 Å². The predicted molar refractivity (Wildman–Crippen MR) is 70.8 cm³/mol. The monoisotopic (exact) mass is 247 g/mol. The molecule has 0 spiro atoms. The summed E-state index contributed by atoms with van der Waals surface area (Å²) in [5, 5.41) is 11.7. The summed E-state index contributed by atoms with van der Waals surface area (Å²) in [5.41, 5.74) is 2.04. The van der Waals surface area contributed by atoms with E-state index in [1.807, 2.05) is 31.3 Å². The fourth-order valence-electron chi connectivity index (χ4n) is 2.04. The first-order valence-corrected chi connectivity index (χ1v) is 6.07. The van der Waals surface area contributed by atoms with Gasteiger partial charge in [-0.1, -0.05) is 12.1 Å². The van der Waals surface area contributed by atoms with E-state index in [1.165, 1.54) is 0 Å². The number of nitrogens with zero attached hydrogens (tertiary/aromatic N) is 2. The van der Waals surface area contributed by atoms with Crippen molar-refractivity contribution in [2.75, 3.05) is 12.4 Å². The lowest BCUT2D eigenvalue weighted by atomic mass is 10.2. The van der Waals surface area contributed by atoms with Gasteiger partial charge in [0.15, 0.2) is 0 Å². The molecule has 1 aromatic carbocycles. The number of carboxylic acids is 1. The third-order valence-corrected chi connectivity index (χ3v) is 2.90. The van der Waals surface area contributed by atoms with Crippen molar-refractivity contribution in [3.63, 3.8) is 0 Å². The highest BCUT2D eigenvalue weighted by atomic mass is 16.4. The number of benzene rings is 1. The summed E-state index contributed by atoms with van der Waals surface area (Å²) in [6.07, 6.45) is 1.74. The average Bonchev–Trinajstić information content (AvgIpc) is 2.72. The molecule has 0 aliphatic carbocycles. The number of fused-ring (bicyclic) bond motifs is 1. The largest absolute Gasteiger partial charge is 0.481 e. The molecular weight excluding hydrogens is 230 g/mol. The van der Waals surface area contributed by atoms with Crippen LogP contribution < -0.4 is 5.32 Å². The first-order valence-electron chi connectivity index (χ1n) is 6.07. The lowest BCUT2D eigenvalue weighted by Crippen LogP contribution is -2.04. The molecule has 2 aromatic rings. The summed E-state index contributed by atoms with van der Waals surface area (Å²) in [4.78, 5) is 14.9. The van der Waals surface area contributed by atoms with Gasteiger partial charge in [0.1, 0.15) is 0 Å². The Kier molecular flexibility index (Phi) is 3.82. The summed E-state index contributed by atoms with van der Waals surface area (Å²) in [6, 6.07) is 7.95. The maximum atomic E-state index is 10.5. The second kappa shape index (κ2) is 5.53. The molecule has 0 saturated carbocycles. The third kappa shape index (κ3) is 2.61. The number of anilines is 1. The predicted octanol–water partition coefficient (Wildman–Crippen LogP) is 2.33. The fraction of sp³-hybridized carbons (Fsp3) is 0.385. The molecule has 0 bridgehead atoms. The molecule has 0 saturated heterocycles. The topological polar surface area (TPSA) is 67.2 Å². The molecule has 2 N–H and O–H groups in total. The Bertz CT molecular complexity index is 548. The normalized spacial score (nSPS) is 10.7. The summed E-state index contributed by atoms with van der Waals surface area (Å²) < 4.78 is 2.09. The van der Waals surface area contributed by atoms with Crippen LogP contribution in [-0.4, -0.2) is 27.7 Å². The molecule has 1 aromatic heterocycles. The quantitative estimate of drug-likeness (QED) is 0.769. The van der Waals surface area contributed by atoms with Crippen LogP contribution in [0.4, 0.5) is 5.95 Å². The van der Waals surface area contributed by atoms with Gasteiger partial charge in [0.05, 0.1) is 11.0 Å². The summed E-state index contributed by atoms with van der Waals surface area (Å²) >= 11 is 0. The van der Waals surface area contributed by atoms with Crippen LogP contribution >= 0.6 is 0 Å². The van der Waals surface area contributed by atoms with E-state index < -0.39 is 5.97 Å². The van der Waals surface area contributed by atoms with Gasteiger partial charge in [-0.25, -0.2) is 4.98 Å². The highest BCUT2D eigenvalue weighted by Gasteiger charge is 2.08. The number of rotatable bonds is 6. The Hall–Kier alpha value is -2.04. The van der Waals surface area contributed by atoms with Crippen molar-refractivity contribution in [2.24, 2.45) is 0 Å². The minimum absolute atomic E-state index is 0.224. The van der Waals surface area contributed by atoms with E-state index in [9.17, 15) is 4.79 Å². The number of carboxylic acid groups (broad SMARTS) is 1. The molecule has 0 atom stereocenters. The molecule has 18 heavy (non-hydrogen) atoms. The highest BCUT2D eigenvalue weighted by molar-refractivity contribution is 5.78. The summed E-state index contributed by atoms with van der Waals surface area (Å²) in [7, 11) is 1.84. The van der Waals surface area contributed by atoms with Crippen molar-refractivity contribution in [1.82, 2.24) is 9.55 Å². The van der Waals surface area contributed by atoms with Gasteiger partial charge < -0.3 is 15.0 Å². The van der Waals surface area contributed by atoms with E-state index in [1.54, 1.807) is 0 Å². The van der Waals surface area contributed by atoms with E-state index in [4.69, 9.17) is 5.11 Å². The number of imidazole rings is 1. The zero-order chi connectivity index (χ0) is 13.0. The Labute approximate surface area is 105 Å². The summed E-state index contributed by atoms with van der Waals surface area (Å²) in [5.74, 6) is 0.0888. The van der Waals surface area contributed by atoms with Crippen molar-refractivity contribution in [1.29, 1.82) is 0 Å². The molecule has 0 aliphatic heterocycles. The van der Waals surface area contributed by atoms with Crippen LogP contribution in [0.15, 0.2) is 24.3 Å². The Morgan fingerprint density at radius 2 is 2.17 bits per heavy atom. The van der Waals surface area contributed by atoms with Crippen LogP contribution in [0.25, 0.3) is 11.0 Å². The van der Waals surface area contributed by atoms with E-state index >= 15 is 0 Å². The molecule has 96 valence electrons. The molecule has 0 unspecified atom stereocenters. The van der Waals surface area contributed by atoms with Gasteiger partial charge in [0.2, 0.25) is 5.95 Å². The van der Waals surface area contributed by atoms with Gasteiger partial charge in [-0.15, -0.1) is 0 Å². The summed E-state index contributed by atoms with van der Waals surface area (Å²) in [6.45, 7) is 0.782. The average molecular weight is 247 g/mol.